The lowest BCUT2D eigenvalue weighted by molar-refractivity contribution is 0.758. The number of rotatable bonds is 6. The van der Waals surface area contributed by atoms with Gasteiger partial charge in [-0.2, -0.15) is 0 Å². The fraction of sp³-hybridized carbons (Fsp3) is 0.385. The van der Waals surface area contributed by atoms with Crippen molar-refractivity contribution in [1.82, 2.24) is 0 Å². The van der Waals surface area contributed by atoms with Crippen LogP contribution < -0.4 is 10.6 Å². The van der Waals surface area contributed by atoms with Crippen LogP contribution in [0.25, 0.3) is 0 Å². The van der Waals surface area contributed by atoms with Crippen molar-refractivity contribution in [3.63, 3.8) is 0 Å². The number of para-hydroxylation sites is 2. The summed E-state index contributed by atoms with van der Waals surface area (Å²) in [5, 5.41) is 0. The average Bonchev–Trinajstić information content (AvgIpc) is 2.26. The third-order valence-electron chi connectivity index (χ3n) is 2.50. The molecule has 2 N–H and O–H groups in total. The first-order valence-corrected chi connectivity index (χ1v) is 5.50. The average molecular weight is 204 g/mol. The normalized spacial score (nSPS) is 9.93. The van der Waals surface area contributed by atoms with Crippen molar-refractivity contribution in [2.24, 2.45) is 0 Å². The predicted octanol–water partition coefficient (Wildman–Crippen LogP) is 3.06. The van der Waals surface area contributed by atoms with Gasteiger partial charge in [-0.3, -0.25) is 0 Å². The molecule has 0 fully saturated rings. The summed E-state index contributed by atoms with van der Waals surface area (Å²) in [4.78, 5) is 2.30. The molecule has 15 heavy (non-hydrogen) atoms. The van der Waals surface area contributed by atoms with Gasteiger partial charge in [0, 0.05) is 13.1 Å². The lowest BCUT2D eigenvalue weighted by Gasteiger charge is -2.24. The molecule has 0 aliphatic rings. The fourth-order valence-electron chi connectivity index (χ4n) is 1.65. The molecule has 2 heteroatoms. The molecule has 1 rings (SSSR count). The highest BCUT2D eigenvalue weighted by molar-refractivity contribution is 5.67. The minimum absolute atomic E-state index is 0.859. The van der Waals surface area contributed by atoms with Crippen LogP contribution in [0.1, 0.15) is 19.8 Å². The molecule has 2 nitrogen and oxygen atoms in total. The summed E-state index contributed by atoms with van der Waals surface area (Å²) in [6.07, 6.45) is 4.15. The highest BCUT2D eigenvalue weighted by Crippen LogP contribution is 2.22. The Labute approximate surface area is 92.4 Å². The van der Waals surface area contributed by atoms with Gasteiger partial charge in [-0.05, 0) is 31.9 Å². The van der Waals surface area contributed by atoms with Gasteiger partial charge < -0.3 is 10.6 Å². The molecule has 0 aliphatic carbocycles. The Morgan fingerprint density at radius 1 is 1.40 bits per heavy atom. The molecule has 0 aromatic heterocycles. The first kappa shape index (κ1) is 11.6. The molecule has 0 unspecified atom stereocenters. The van der Waals surface area contributed by atoms with E-state index in [4.69, 9.17) is 5.73 Å². The molecule has 1 aromatic carbocycles. The van der Waals surface area contributed by atoms with Gasteiger partial charge in [0.05, 0.1) is 11.4 Å². The van der Waals surface area contributed by atoms with E-state index < -0.39 is 0 Å². The standard InChI is InChI=1S/C13H20N2/c1-3-5-8-11-15(4-2)13-10-7-6-9-12(13)14/h3,6-7,9-10H,1,4-5,8,11,14H2,2H3. The summed E-state index contributed by atoms with van der Waals surface area (Å²) in [6.45, 7) is 7.91. The first-order valence-electron chi connectivity index (χ1n) is 5.50. The second-order valence-electron chi connectivity index (χ2n) is 3.57. The Bertz CT molecular complexity index is 307. The second kappa shape index (κ2) is 6.12. The monoisotopic (exact) mass is 204 g/mol. The number of nitrogen functional groups attached to an aromatic ring is 1. The lowest BCUT2D eigenvalue weighted by atomic mass is 10.2. The van der Waals surface area contributed by atoms with Crippen molar-refractivity contribution in [3.05, 3.63) is 36.9 Å². The van der Waals surface area contributed by atoms with Crippen molar-refractivity contribution in [3.8, 4) is 0 Å². The van der Waals surface area contributed by atoms with Crippen LogP contribution in [0.3, 0.4) is 0 Å². The summed E-state index contributed by atoms with van der Waals surface area (Å²) < 4.78 is 0. The molecule has 0 saturated carbocycles. The van der Waals surface area contributed by atoms with E-state index in [2.05, 4.69) is 24.5 Å². The van der Waals surface area contributed by atoms with Crippen molar-refractivity contribution < 1.29 is 0 Å². The van der Waals surface area contributed by atoms with Crippen molar-refractivity contribution in [2.75, 3.05) is 23.7 Å². The maximum atomic E-state index is 5.94. The van der Waals surface area contributed by atoms with E-state index in [1.807, 2.05) is 24.3 Å². The van der Waals surface area contributed by atoms with Crippen LogP contribution in [0.4, 0.5) is 11.4 Å². The molecule has 0 saturated heterocycles. The zero-order chi connectivity index (χ0) is 11.1. The van der Waals surface area contributed by atoms with Crippen molar-refractivity contribution in [2.45, 2.75) is 19.8 Å². The van der Waals surface area contributed by atoms with E-state index in [0.29, 0.717) is 0 Å². The number of hydrogen-bond donors (Lipinski definition) is 1. The quantitative estimate of drug-likeness (QED) is 0.438. The van der Waals surface area contributed by atoms with Crippen LogP contribution in [-0.4, -0.2) is 13.1 Å². The van der Waals surface area contributed by atoms with Crippen LogP contribution >= 0.6 is 0 Å². The molecule has 1 aromatic rings. The summed E-state index contributed by atoms with van der Waals surface area (Å²) in [5.41, 5.74) is 7.94. The van der Waals surface area contributed by atoms with Gasteiger partial charge in [-0.15, -0.1) is 6.58 Å². The van der Waals surface area contributed by atoms with Gasteiger partial charge >= 0.3 is 0 Å². The van der Waals surface area contributed by atoms with Crippen molar-refractivity contribution in [1.29, 1.82) is 0 Å². The van der Waals surface area contributed by atoms with Gasteiger partial charge in [-0.1, -0.05) is 18.2 Å². The molecule has 0 atom stereocenters. The first-order chi connectivity index (χ1) is 7.29. The minimum Gasteiger partial charge on any atom is -0.397 e. The van der Waals surface area contributed by atoms with Crippen LogP contribution in [0.15, 0.2) is 36.9 Å². The molecule has 0 aliphatic heterocycles. The summed E-state index contributed by atoms with van der Waals surface area (Å²) in [7, 11) is 0. The zero-order valence-electron chi connectivity index (χ0n) is 9.45. The maximum Gasteiger partial charge on any atom is 0.0599 e. The lowest BCUT2D eigenvalue weighted by Crippen LogP contribution is -2.24. The fourth-order valence-corrected chi connectivity index (χ4v) is 1.65. The second-order valence-corrected chi connectivity index (χ2v) is 3.57. The highest BCUT2D eigenvalue weighted by Gasteiger charge is 2.05. The molecule has 82 valence electrons. The maximum absolute atomic E-state index is 5.94. The smallest absolute Gasteiger partial charge is 0.0599 e. The van der Waals surface area contributed by atoms with Gasteiger partial charge in [0.1, 0.15) is 0 Å². The van der Waals surface area contributed by atoms with E-state index in [9.17, 15) is 0 Å². The van der Waals surface area contributed by atoms with Crippen LogP contribution in [0, 0.1) is 0 Å². The van der Waals surface area contributed by atoms with Crippen LogP contribution in [0.5, 0.6) is 0 Å². The number of benzene rings is 1. The Kier molecular flexibility index (Phi) is 4.75. The van der Waals surface area contributed by atoms with E-state index in [0.717, 1.165) is 37.3 Å². The summed E-state index contributed by atoms with van der Waals surface area (Å²) in [5.74, 6) is 0. The number of unbranched alkanes of at least 4 members (excludes halogenated alkanes) is 1. The van der Waals surface area contributed by atoms with E-state index >= 15 is 0 Å². The largest absolute Gasteiger partial charge is 0.397 e. The number of nitrogens with zero attached hydrogens (tertiary/aromatic N) is 1. The van der Waals surface area contributed by atoms with Gasteiger partial charge in [-0.25, -0.2) is 0 Å². The third kappa shape index (κ3) is 3.31. The highest BCUT2D eigenvalue weighted by atomic mass is 15.1. The van der Waals surface area contributed by atoms with E-state index in [-0.39, 0.29) is 0 Å². The molecular weight excluding hydrogens is 184 g/mol. The minimum atomic E-state index is 0.859. The van der Waals surface area contributed by atoms with Crippen molar-refractivity contribution >= 4 is 11.4 Å². The number of nitrogens with two attached hydrogens (primary N) is 1. The number of hydrogen-bond acceptors (Lipinski definition) is 2. The van der Waals surface area contributed by atoms with Crippen LogP contribution in [-0.2, 0) is 0 Å². The Morgan fingerprint density at radius 2 is 2.13 bits per heavy atom. The SMILES string of the molecule is C=CCCCN(CC)c1ccccc1N. The number of allylic oxidation sites excluding steroid dienone is 1. The molecular formula is C13H20N2. The molecule has 0 amide bonds. The summed E-state index contributed by atoms with van der Waals surface area (Å²) in [6, 6.07) is 8.02. The topological polar surface area (TPSA) is 29.3 Å². The molecule has 0 heterocycles. The Hall–Kier alpha value is -1.44. The van der Waals surface area contributed by atoms with E-state index in [1.165, 1.54) is 0 Å². The Balaban J connectivity index is 2.65. The Morgan fingerprint density at radius 3 is 2.73 bits per heavy atom. The third-order valence-corrected chi connectivity index (χ3v) is 2.50. The van der Waals surface area contributed by atoms with Crippen LogP contribution in [0.2, 0.25) is 0 Å². The van der Waals surface area contributed by atoms with Gasteiger partial charge in [0.2, 0.25) is 0 Å². The molecule has 0 radical (unpaired) electrons. The number of anilines is 2. The van der Waals surface area contributed by atoms with E-state index in [1.54, 1.807) is 0 Å². The molecule has 0 spiro atoms. The zero-order valence-corrected chi connectivity index (χ0v) is 9.45. The molecule has 0 bridgehead atoms. The predicted molar refractivity (Wildman–Crippen MR) is 68.2 cm³/mol. The van der Waals surface area contributed by atoms with Gasteiger partial charge in [0.25, 0.3) is 0 Å². The van der Waals surface area contributed by atoms with Gasteiger partial charge in [0.15, 0.2) is 0 Å². The summed E-state index contributed by atoms with van der Waals surface area (Å²) >= 11 is 0.